The molecular weight excluding hydrogens is 667 g/mol. The highest BCUT2D eigenvalue weighted by atomic mass is 16.6. The van der Waals surface area contributed by atoms with E-state index in [1.165, 1.54) is 0 Å². The first-order valence-electron chi connectivity index (χ1n) is 18.6. The molecule has 53 heavy (non-hydrogen) atoms. The number of nitrogens with zero attached hydrogens (tertiary/aromatic N) is 3. The maximum absolute atomic E-state index is 14.1. The summed E-state index contributed by atoms with van der Waals surface area (Å²) in [5, 5.41) is 1.00. The van der Waals surface area contributed by atoms with Gasteiger partial charge in [0.1, 0.15) is 11.4 Å². The maximum atomic E-state index is 14.1. The number of carbonyl (C=O) groups excluding carboxylic acids is 4. The lowest BCUT2D eigenvalue weighted by Gasteiger charge is -2.29. The van der Waals surface area contributed by atoms with Crippen LogP contribution in [-0.2, 0) is 30.3 Å². The van der Waals surface area contributed by atoms with Crippen LogP contribution in [0.1, 0.15) is 88.7 Å². The van der Waals surface area contributed by atoms with Crippen LogP contribution in [0.15, 0.2) is 85.1 Å². The number of aromatic amines is 2. The van der Waals surface area contributed by atoms with Gasteiger partial charge >= 0.3 is 5.97 Å². The average Bonchev–Trinajstić information content (AvgIpc) is 3.96. The van der Waals surface area contributed by atoms with Crippen molar-refractivity contribution in [2.75, 3.05) is 13.1 Å². The van der Waals surface area contributed by atoms with Gasteiger partial charge in [-0.25, -0.2) is 4.98 Å². The van der Waals surface area contributed by atoms with E-state index in [0.717, 1.165) is 76.2 Å². The molecule has 274 valence electrons. The van der Waals surface area contributed by atoms with Crippen LogP contribution in [-0.4, -0.2) is 73.1 Å². The molecule has 7 rings (SSSR count). The van der Waals surface area contributed by atoms with Crippen molar-refractivity contribution in [1.29, 1.82) is 0 Å². The van der Waals surface area contributed by atoms with Crippen molar-refractivity contribution in [3.05, 3.63) is 102 Å². The third-order valence-electron chi connectivity index (χ3n) is 10.3. The van der Waals surface area contributed by atoms with E-state index in [1.54, 1.807) is 11.8 Å². The number of esters is 1. The van der Waals surface area contributed by atoms with Gasteiger partial charge in [-0.1, -0.05) is 60.7 Å². The predicted molar refractivity (Wildman–Crippen MR) is 204 cm³/mol. The van der Waals surface area contributed by atoms with Crippen molar-refractivity contribution in [2.45, 2.75) is 89.8 Å². The third kappa shape index (κ3) is 7.96. The van der Waals surface area contributed by atoms with Crippen molar-refractivity contribution >= 4 is 34.5 Å². The zero-order chi connectivity index (χ0) is 37.3. The van der Waals surface area contributed by atoms with Crippen LogP contribution in [0.4, 0.5) is 0 Å². The van der Waals surface area contributed by atoms with Crippen molar-refractivity contribution in [1.82, 2.24) is 24.8 Å². The number of ketones is 1. The van der Waals surface area contributed by atoms with E-state index in [-0.39, 0.29) is 36.5 Å². The molecule has 2 saturated heterocycles. The molecule has 0 aliphatic carbocycles. The molecule has 0 spiro atoms. The van der Waals surface area contributed by atoms with Crippen molar-refractivity contribution in [3.8, 4) is 22.5 Å². The third-order valence-corrected chi connectivity index (χ3v) is 10.3. The summed E-state index contributed by atoms with van der Waals surface area (Å²) in [7, 11) is 0. The van der Waals surface area contributed by atoms with Gasteiger partial charge in [0.2, 0.25) is 11.8 Å². The lowest BCUT2D eigenvalue weighted by atomic mass is 9.93. The van der Waals surface area contributed by atoms with Gasteiger partial charge < -0.3 is 24.5 Å². The molecule has 0 unspecified atom stereocenters. The number of carbonyl (C=O) groups is 4. The fourth-order valence-corrected chi connectivity index (χ4v) is 7.82. The Labute approximate surface area is 309 Å². The number of rotatable bonds is 10. The number of likely N-dealkylation sites (tertiary alicyclic amines) is 2. The summed E-state index contributed by atoms with van der Waals surface area (Å²) in [6.07, 6.45) is 5.17. The Bertz CT molecular complexity index is 2130. The Morgan fingerprint density at radius 3 is 2.26 bits per heavy atom. The van der Waals surface area contributed by atoms with Gasteiger partial charge in [0.05, 0.1) is 36.3 Å². The van der Waals surface area contributed by atoms with Crippen molar-refractivity contribution < 1.29 is 23.9 Å². The van der Waals surface area contributed by atoms with E-state index in [9.17, 15) is 19.2 Å². The molecule has 0 radical (unpaired) electrons. The average molecular weight is 714 g/mol. The van der Waals surface area contributed by atoms with Gasteiger partial charge in [-0.15, -0.1) is 0 Å². The van der Waals surface area contributed by atoms with E-state index < -0.39 is 23.5 Å². The van der Waals surface area contributed by atoms with Gasteiger partial charge in [0.25, 0.3) is 0 Å². The molecule has 0 saturated carbocycles. The molecular formula is C43H47N5O5. The highest BCUT2D eigenvalue weighted by Crippen LogP contribution is 2.33. The number of ether oxygens (including phenoxy) is 1. The van der Waals surface area contributed by atoms with Crippen LogP contribution in [0.3, 0.4) is 0 Å². The largest absolute Gasteiger partial charge is 0.460 e. The Hall–Kier alpha value is -5.51. The zero-order valence-corrected chi connectivity index (χ0v) is 30.9. The fourth-order valence-electron chi connectivity index (χ4n) is 7.82. The first kappa shape index (κ1) is 35.9. The second-order valence-electron chi connectivity index (χ2n) is 15.3. The molecule has 2 aromatic heterocycles. The lowest BCUT2D eigenvalue weighted by molar-refractivity contribution is -0.157. The molecule has 2 aliphatic rings. The summed E-state index contributed by atoms with van der Waals surface area (Å²) in [5.74, 6) is -0.485. The molecule has 2 N–H and O–H groups in total. The Morgan fingerprint density at radius 1 is 0.849 bits per heavy atom. The molecule has 0 bridgehead atoms. The normalized spacial score (nSPS) is 18.0. The number of H-pyrrole nitrogens is 2. The minimum absolute atomic E-state index is 0.00507. The molecule has 10 nitrogen and oxygen atoms in total. The highest BCUT2D eigenvalue weighted by Gasteiger charge is 2.38. The lowest BCUT2D eigenvalue weighted by Crippen LogP contribution is -2.44. The molecule has 2 amide bonds. The summed E-state index contributed by atoms with van der Waals surface area (Å²) in [6, 6.07) is 25.1. The van der Waals surface area contributed by atoms with Gasteiger partial charge in [-0.05, 0) is 86.9 Å². The summed E-state index contributed by atoms with van der Waals surface area (Å²) in [5.41, 5.74) is 5.84. The quantitative estimate of drug-likeness (QED) is 0.144. The molecule has 10 heteroatoms. The summed E-state index contributed by atoms with van der Waals surface area (Å²) < 4.78 is 5.58. The standard InChI is InChI=1S/C43H47N5O5/c1-27(49)47-20-9-13-38(47)41-44-26-36(46-41)31-17-15-30(16-18-31)35-24-32-22-28(14-19-34(32)45-35)23-39(50)37-12-8-21-48(37)42(52)33(29-10-6-5-7-11-29)25-40(51)53-43(2,3)4/h5-7,10-11,14-19,22,24,26,33,37-38,45H,8-9,12-13,20-21,23,25H2,1-4H3,(H,44,46)/t33-,37+,38+/m1/s1. The Morgan fingerprint density at radius 2 is 1.55 bits per heavy atom. The molecule has 3 aromatic carbocycles. The monoisotopic (exact) mass is 713 g/mol. The molecule has 2 aliphatic heterocycles. The fraction of sp³-hybridized carbons (Fsp3) is 0.372. The second-order valence-corrected chi connectivity index (χ2v) is 15.3. The summed E-state index contributed by atoms with van der Waals surface area (Å²) in [4.78, 5) is 67.9. The van der Waals surface area contributed by atoms with E-state index in [1.807, 2.05) is 80.4 Å². The van der Waals surface area contributed by atoms with Crippen LogP contribution in [0, 0.1) is 0 Å². The highest BCUT2D eigenvalue weighted by molar-refractivity contribution is 5.95. The zero-order valence-electron chi connectivity index (χ0n) is 30.9. The number of hydrogen-bond acceptors (Lipinski definition) is 6. The van der Waals surface area contributed by atoms with E-state index in [4.69, 9.17) is 4.74 Å². The van der Waals surface area contributed by atoms with E-state index >= 15 is 0 Å². The SMILES string of the molecule is CC(=O)N1CCC[C@H]1c1ncc(-c2ccc(-c3cc4cc(CC(=O)[C@@H]5CCCN5C(=O)[C@H](CC(=O)OC(C)(C)C)c5ccccc5)ccc4[nH]3)cc2)[nH]1. The smallest absolute Gasteiger partial charge is 0.307 e. The number of nitrogens with one attached hydrogen (secondary N) is 2. The Kier molecular flexibility index (Phi) is 10.1. The Balaban J connectivity index is 1.03. The molecule has 4 heterocycles. The maximum Gasteiger partial charge on any atom is 0.307 e. The number of Topliss-reactive ketones (excluding diaryl/α,β-unsaturated/α-hetero) is 1. The van der Waals surface area contributed by atoms with E-state index in [0.29, 0.717) is 13.0 Å². The van der Waals surface area contributed by atoms with Gasteiger partial charge in [-0.2, -0.15) is 0 Å². The topological polar surface area (TPSA) is 128 Å². The number of imidazole rings is 1. The number of hydrogen-bond donors (Lipinski definition) is 2. The van der Waals surface area contributed by atoms with Crippen molar-refractivity contribution in [3.63, 3.8) is 0 Å². The van der Waals surface area contributed by atoms with Crippen LogP contribution in [0.2, 0.25) is 0 Å². The van der Waals surface area contributed by atoms with Gasteiger partial charge in [0, 0.05) is 43.0 Å². The van der Waals surface area contributed by atoms with Gasteiger partial charge in [0.15, 0.2) is 5.78 Å². The van der Waals surface area contributed by atoms with Crippen molar-refractivity contribution in [2.24, 2.45) is 0 Å². The number of aromatic nitrogens is 3. The molecule has 2 fully saturated rings. The summed E-state index contributed by atoms with van der Waals surface area (Å²) >= 11 is 0. The predicted octanol–water partition coefficient (Wildman–Crippen LogP) is 7.53. The van der Waals surface area contributed by atoms with Crippen LogP contribution < -0.4 is 0 Å². The number of benzene rings is 3. The van der Waals surface area contributed by atoms with Crippen LogP contribution >= 0.6 is 0 Å². The number of fused-ring (bicyclic) bond motifs is 1. The molecule has 3 atom stereocenters. The van der Waals surface area contributed by atoms with Gasteiger partial charge in [-0.3, -0.25) is 19.2 Å². The van der Waals surface area contributed by atoms with E-state index in [2.05, 4.69) is 45.3 Å². The second kappa shape index (κ2) is 14.8. The van der Waals surface area contributed by atoms with Crippen LogP contribution in [0.5, 0.6) is 0 Å². The van der Waals surface area contributed by atoms with Crippen LogP contribution in [0.25, 0.3) is 33.4 Å². The summed E-state index contributed by atoms with van der Waals surface area (Å²) in [6.45, 7) is 8.28. The first-order valence-corrected chi connectivity index (χ1v) is 18.6. The minimum atomic E-state index is -0.726. The minimum Gasteiger partial charge on any atom is -0.460 e. The number of amides is 2. The molecule has 5 aromatic rings. The first-order chi connectivity index (χ1) is 25.4.